The van der Waals surface area contributed by atoms with E-state index < -0.39 is 6.61 Å². The van der Waals surface area contributed by atoms with Crippen molar-refractivity contribution in [1.82, 2.24) is 10.2 Å². The van der Waals surface area contributed by atoms with Crippen LogP contribution in [0.25, 0.3) is 0 Å². The number of alkyl halides is 2. The van der Waals surface area contributed by atoms with Gasteiger partial charge < -0.3 is 15.0 Å². The van der Waals surface area contributed by atoms with Gasteiger partial charge in [-0.2, -0.15) is 8.78 Å². The third kappa shape index (κ3) is 5.73. The molecule has 24 heavy (non-hydrogen) atoms. The Morgan fingerprint density at radius 1 is 1.08 bits per heavy atom. The Kier molecular flexibility index (Phi) is 6.43. The van der Waals surface area contributed by atoms with Crippen molar-refractivity contribution in [2.45, 2.75) is 19.7 Å². The molecule has 128 valence electrons. The van der Waals surface area contributed by atoms with Gasteiger partial charge in [-0.05, 0) is 47.6 Å². The number of nitrogens with one attached hydrogen (secondary N) is 1. The second-order valence-corrected chi connectivity index (χ2v) is 5.55. The quantitative estimate of drug-likeness (QED) is 0.795. The molecule has 0 saturated heterocycles. The number of halogens is 3. The molecule has 0 spiro atoms. The lowest BCUT2D eigenvalue weighted by atomic mass is 10.2. The highest BCUT2D eigenvalue weighted by atomic mass is 32.1. The van der Waals surface area contributed by atoms with E-state index in [2.05, 4.69) is 10.1 Å². The number of thiocarbonyl (C=S) groups is 1. The molecule has 0 aliphatic carbocycles. The first-order valence-corrected chi connectivity index (χ1v) is 7.62. The maximum Gasteiger partial charge on any atom is 0.387 e. The molecule has 0 heterocycles. The van der Waals surface area contributed by atoms with Gasteiger partial charge in [0.05, 0.1) is 0 Å². The molecular weight excluding hydrogens is 337 g/mol. The molecule has 0 radical (unpaired) electrons. The fourth-order valence-electron chi connectivity index (χ4n) is 2.04. The van der Waals surface area contributed by atoms with Gasteiger partial charge in [-0.3, -0.25) is 0 Å². The molecule has 2 aromatic carbocycles. The molecule has 7 heteroatoms. The summed E-state index contributed by atoms with van der Waals surface area (Å²) >= 11 is 5.30. The molecule has 0 aliphatic rings. The van der Waals surface area contributed by atoms with Crippen molar-refractivity contribution in [3.63, 3.8) is 0 Å². The van der Waals surface area contributed by atoms with Crippen LogP contribution < -0.4 is 10.1 Å². The van der Waals surface area contributed by atoms with Crippen molar-refractivity contribution in [2.24, 2.45) is 0 Å². The zero-order chi connectivity index (χ0) is 17.5. The smallest absolute Gasteiger partial charge is 0.387 e. The molecule has 1 N–H and O–H groups in total. The third-order valence-corrected chi connectivity index (χ3v) is 3.73. The van der Waals surface area contributed by atoms with Crippen molar-refractivity contribution in [1.29, 1.82) is 0 Å². The van der Waals surface area contributed by atoms with Crippen molar-refractivity contribution >= 4 is 17.3 Å². The zero-order valence-corrected chi connectivity index (χ0v) is 13.8. The fourth-order valence-corrected chi connectivity index (χ4v) is 2.17. The second-order valence-electron chi connectivity index (χ2n) is 5.16. The lowest BCUT2D eigenvalue weighted by molar-refractivity contribution is -0.0498. The summed E-state index contributed by atoms with van der Waals surface area (Å²) in [6, 6.07) is 12.6. The number of benzene rings is 2. The summed E-state index contributed by atoms with van der Waals surface area (Å²) < 4.78 is 41.4. The summed E-state index contributed by atoms with van der Waals surface area (Å²) in [6.45, 7) is -1.82. The van der Waals surface area contributed by atoms with E-state index in [4.69, 9.17) is 12.2 Å². The van der Waals surface area contributed by atoms with Crippen LogP contribution in [-0.4, -0.2) is 23.7 Å². The van der Waals surface area contributed by atoms with Gasteiger partial charge in [0.15, 0.2) is 5.11 Å². The van der Waals surface area contributed by atoms with Crippen LogP contribution in [0.1, 0.15) is 11.1 Å². The molecule has 0 saturated carbocycles. The van der Waals surface area contributed by atoms with E-state index in [1.165, 1.54) is 24.3 Å². The van der Waals surface area contributed by atoms with Crippen LogP contribution in [-0.2, 0) is 13.1 Å². The average molecular weight is 354 g/mol. The lowest BCUT2D eigenvalue weighted by Gasteiger charge is -2.21. The predicted molar refractivity (Wildman–Crippen MR) is 90.4 cm³/mol. The molecule has 3 nitrogen and oxygen atoms in total. The monoisotopic (exact) mass is 354 g/mol. The predicted octanol–water partition coefficient (Wildman–Crippen LogP) is 3.93. The number of hydrogen-bond acceptors (Lipinski definition) is 2. The first kappa shape index (κ1) is 18.1. The summed E-state index contributed by atoms with van der Waals surface area (Å²) in [5, 5.41) is 3.62. The first-order chi connectivity index (χ1) is 11.4. The van der Waals surface area contributed by atoms with Gasteiger partial charge in [-0.1, -0.05) is 24.3 Å². The van der Waals surface area contributed by atoms with Crippen molar-refractivity contribution in [3.8, 4) is 5.75 Å². The molecule has 0 aliphatic heterocycles. The lowest BCUT2D eigenvalue weighted by Crippen LogP contribution is -2.36. The van der Waals surface area contributed by atoms with Crippen LogP contribution >= 0.6 is 12.2 Å². The van der Waals surface area contributed by atoms with Crippen molar-refractivity contribution in [3.05, 3.63) is 65.5 Å². The van der Waals surface area contributed by atoms with Gasteiger partial charge in [0.2, 0.25) is 0 Å². The Bertz CT molecular complexity index is 663. The maximum atomic E-state index is 12.8. The van der Waals surface area contributed by atoms with E-state index in [9.17, 15) is 13.2 Å². The summed E-state index contributed by atoms with van der Waals surface area (Å²) in [5.41, 5.74) is 1.82. The highest BCUT2D eigenvalue weighted by molar-refractivity contribution is 7.80. The van der Waals surface area contributed by atoms with Crippen LogP contribution in [0.4, 0.5) is 13.2 Å². The topological polar surface area (TPSA) is 24.5 Å². The standard InChI is InChI=1S/C17H17F3N2OS/c1-22(11-13-4-8-15(9-5-13)23-16(19)20)17(24)21-10-12-2-6-14(18)7-3-12/h2-9,16H,10-11H2,1H3,(H,21,24). The van der Waals surface area contributed by atoms with E-state index in [-0.39, 0.29) is 11.6 Å². The molecule has 2 rings (SSSR count). The zero-order valence-electron chi connectivity index (χ0n) is 13.0. The number of hydrogen-bond donors (Lipinski definition) is 1. The summed E-state index contributed by atoms with van der Waals surface area (Å²) in [6.07, 6.45) is 0. The van der Waals surface area contributed by atoms with E-state index >= 15 is 0 Å². The number of nitrogens with zero attached hydrogens (tertiary/aromatic N) is 1. The SMILES string of the molecule is CN(Cc1ccc(OC(F)F)cc1)C(=S)NCc1ccc(F)cc1. The molecule has 0 fully saturated rings. The highest BCUT2D eigenvalue weighted by Crippen LogP contribution is 2.15. The van der Waals surface area contributed by atoms with Crippen molar-refractivity contribution in [2.75, 3.05) is 7.05 Å². The summed E-state index contributed by atoms with van der Waals surface area (Å²) in [4.78, 5) is 1.82. The Morgan fingerprint density at radius 3 is 2.25 bits per heavy atom. The summed E-state index contributed by atoms with van der Waals surface area (Å²) in [5.74, 6) is -0.161. The Labute approximate surface area is 144 Å². The molecule has 0 amide bonds. The second kappa shape index (κ2) is 8.54. The van der Waals surface area contributed by atoms with Crippen LogP contribution in [0.5, 0.6) is 5.75 Å². The van der Waals surface area contributed by atoms with Gasteiger partial charge >= 0.3 is 6.61 Å². The van der Waals surface area contributed by atoms with Crippen LogP contribution in [0.15, 0.2) is 48.5 Å². The largest absolute Gasteiger partial charge is 0.435 e. The van der Waals surface area contributed by atoms with E-state index in [1.54, 1.807) is 24.3 Å². The van der Waals surface area contributed by atoms with Crippen molar-refractivity contribution < 1.29 is 17.9 Å². The van der Waals surface area contributed by atoms with Crippen LogP contribution in [0.3, 0.4) is 0 Å². The summed E-state index contributed by atoms with van der Waals surface area (Å²) in [7, 11) is 1.82. The number of rotatable bonds is 6. The third-order valence-electron chi connectivity index (χ3n) is 3.27. The molecule has 0 unspecified atom stereocenters. The van der Waals surface area contributed by atoms with E-state index in [0.717, 1.165) is 11.1 Å². The normalized spacial score (nSPS) is 10.5. The Morgan fingerprint density at radius 2 is 1.67 bits per heavy atom. The fraction of sp³-hybridized carbons (Fsp3) is 0.235. The minimum Gasteiger partial charge on any atom is -0.435 e. The molecule has 0 bridgehead atoms. The van der Waals surface area contributed by atoms with Gasteiger partial charge in [0.25, 0.3) is 0 Å². The molecule has 0 atom stereocenters. The maximum absolute atomic E-state index is 12.8. The average Bonchev–Trinajstić information content (AvgIpc) is 2.55. The van der Waals surface area contributed by atoms with Gasteiger partial charge in [-0.25, -0.2) is 4.39 Å². The molecule has 2 aromatic rings. The first-order valence-electron chi connectivity index (χ1n) is 7.21. The van der Waals surface area contributed by atoms with Gasteiger partial charge in [-0.15, -0.1) is 0 Å². The highest BCUT2D eigenvalue weighted by Gasteiger charge is 2.07. The minimum atomic E-state index is -2.83. The molecular formula is C17H17F3N2OS. The van der Waals surface area contributed by atoms with E-state index in [0.29, 0.717) is 18.2 Å². The minimum absolute atomic E-state index is 0.119. The Balaban J connectivity index is 1.83. The van der Waals surface area contributed by atoms with Gasteiger partial charge in [0, 0.05) is 20.1 Å². The number of ether oxygens (including phenoxy) is 1. The van der Waals surface area contributed by atoms with Crippen LogP contribution in [0.2, 0.25) is 0 Å². The van der Waals surface area contributed by atoms with Gasteiger partial charge in [0.1, 0.15) is 11.6 Å². The Hall–Kier alpha value is -2.28. The molecule has 0 aromatic heterocycles. The van der Waals surface area contributed by atoms with Crippen LogP contribution in [0, 0.1) is 5.82 Å². The van der Waals surface area contributed by atoms with E-state index in [1.807, 2.05) is 11.9 Å².